The minimum Gasteiger partial charge on any atom is -0.497 e. The number of nitro benzene ring substituents is 1. The molecule has 23 heavy (non-hydrogen) atoms. The molecule has 2 aromatic carbocycles. The largest absolute Gasteiger partial charge is 0.497 e. The van der Waals surface area contributed by atoms with Crippen molar-refractivity contribution in [3.63, 3.8) is 0 Å². The Morgan fingerprint density at radius 1 is 1.26 bits per heavy atom. The molecule has 0 aliphatic heterocycles. The van der Waals surface area contributed by atoms with Crippen molar-refractivity contribution in [2.24, 2.45) is 0 Å². The summed E-state index contributed by atoms with van der Waals surface area (Å²) in [6.45, 7) is 0.374. The predicted molar refractivity (Wildman–Crippen MR) is 86.9 cm³/mol. The molecule has 7 heteroatoms. The fourth-order valence-electron chi connectivity index (χ4n) is 2.08. The molecule has 0 atom stereocenters. The smallest absolute Gasteiger partial charge is 0.288 e. The molecule has 0 heterocycles. The van der Waals surface area contributed by atoms with Gasteiger partial charge >= 0.3 is 0 Å². The van der Waals surface area contributed by atoms with E-state index in [-0.39, 0.29) is 22.2 Å². The number of carbonyl (C=O) groups is 1. The first-order valence-electron chi connectivity index (χ1n) is 6.74. The number of ether oxygens (including phenoxy) is 1. The molecule has 0 aliphatic carbocycles. The van der Waals surface area contributed by atoms with Crippen LogP contribution in [0.25, 0.3) is 0 Å². The van der Waals surface area contributed by atoms with Crippen molar-refractivity contribution in [2.45, 2.75) is 6.54 Å². The third-order valence-electron chi connectivity index (χ3n) is 3.32. The van der Waals surface area contributed by atoms with Gasteiger partial charge in [0.15, 0.2) is 0 Å². The molecule has 0 aromatic heterocycles. The molecule has 6 nitrogen and oxygen atoms in total. The lowest BCUT2D eigenvalue weighted by Gasteiger charge is -2.17. The first-order chi connectivity index (χ1) is 10.9. The van der Waals surface area contributed by atoms with E-state index in [2.05, 4.69) is 0 Å². The normalized spacial score (nSPS) is 10.2. The van der Waals surface area contributed by atoms with Gasteiger partial charge in [-0.25, -0.2) is 0 Å². The average molecular weight is 335 g/mol. The summed E-state index contributed by atoms with van der Waals surface area (Å²) < 4.78 is 5.08. The van der Waals surface area contributed by atoms with E-state index in [0.29, 0.717) is 6.54 Å². The van der Waals surface area contributed by atoms with Gasteiger partial charge in [0, 0.05) is 25.2 Å². The second-order valence-electron chi connectivity index (χ2n) is 4.93. The summed E-state index contributed by atoms with van der Waals surface area (Å²) in [4.78, 5) is 24.2. The molecule has 0 unspecified atom stereocenters. The average Bonchev–Trinajstić information content (AvgIpc) is 2.55. The SMILES string of the molecule is COc1ccc(CN(C)C(=O)c2ccc(Cl)c([N+](=O)[O-])c2)cc1. The van der Waals surface area contributed by atoms with Gasteiger partial charge in [-0.05, 0) is 29.8 Å². The van der Waals surface area contributed by atoms with Crippen LogP contribution in [0.3, 0.4) is 0 Å². The summed E-state index contributed by atoms with van der Waals surface area (Å²) in [6.07, 6.45) is 0. The van der Waals surface area contributed by atoms with Gasteiger partial charge in [-0.2, -0.15) is 0 Å². The molecule has 0 N–H and O–H groups in total. The number of hydrogen-bond donors (Lipinski definition) is 0. The van der Waals surface area contributed by atoms with E-state index in [1.54, 1.807) is 26.3 Å². The highest BCUT2D eigenvalue weighted by Crippen LogP contribution is 2.25. The van der Waals surface area contributed by atoms with Crippen LogP contribution in [0, 0.1) is 10.1 Å². The van der Waals surface area contributed by atoms with Gasteiger partial charge in [0.05, 0.1) is 12.0 Å². The van der Waals surface area contributed by atoms with Crippen LogP contribution in [0.4, 0.5) is 5.69 Å². The molecule has 0 bridgehead atoms. The maximum absolute atomic E-state index is 12.4. The van der Waals surface area contributed by atoms with Crippen molar-refractivity contribution in [2.75, 3.05) is 14.2 Å². The number of nitrogens with zero attached hydrogens (tertiary/aromatic N) is 2. The van der Waals surface area contributed by atoms with Gasteiger partial charge in [0.2, 0.25) is 0 Å². The predicted octanol–water partition coefficient (Wildman–Crippen LogP) is 3.53. The monoisotopic (exact) mass is 334 g/mol. The van der Waals surface area contributed by atoms with Crippen molar-refractivity contribution >= 4 is 23.2 Å². The molecule has 120 valence electrons. The van der Waals surface area contributed by atoms with Crippen LogP contribution in [-0.4, -0.2) is 29.9 Å². The maximum atomic E-state index is 12.4. The number of halogens is 1. The van der Waals surface area contributed by atoms with Crippen molar-refractivity contribution in [3.05, 3.63) is 68.7 Å². The lowest BCUT2D eigenvalue weighted by Crippen LogP contribution is -2.26. The first kappa shape index (κ1) is 16.8. The second kappa shape index (κ2) is 7.11. The van der Waals surface area contributed by atoms with E-state index in [4.69, 9.17) is 16.3 Å². The van der Waals surface area contributed by atoms with Crippen molar-refractivity contribution in [1.82, 2.24) is 4.90 Å². The quantitative estimate of drug-likeness (QED) is 0.619. The van der Waals surface area contributed by atoms with Gasteiger partial charge in [-0.1, -0.05) is 23.7 Å². The Hall–Kier alpha value is -2.60. The maximum Gasteiger partial charge on any atom is 0.288 e. The van der Waals surface area contributed by atoms with Crippen molar-refractivity contribution in [1.29, 1.82) is 0 Å². The standard InChI is InChI=1S/C16H15ClN2O4/c1-18(10-11-3-6-13(23-2)7-4-11)16(20)12-5-8-14(17)15(9-12)19(21)22/h3-9H,10H2,1-2H3. The molecule has 1 amide bonds. The van der Waals surface area contributed by atoms with Crippen LogP contribution in [0.5, 0.6) is 5.75 Å². The number of methoxy groups -OCH3 is 1. The Bertz CT molecular complexity index is 731. The molecular formula is C16H15ClN2O4. The summed E-state index contributed by atoms with van der Waals surface area (Å²) >= 11 is 5.76. The van der Waals surface area contributed by atoms with E-state index in [1.807, 2.05) is 12.1 Å². The van der Waals surface area contributed by atoms with Crippen LogP contribution in [-0.2, 0) is 6.54 Å². The molecule has 0 fully saturated rings. The van der Waals surface area contributed by atoms with Crippen LogP contribution in [0.1, 0.15) is 15.9 Å². The minimum absolute atomic E-state index is 0.00403. The van der Waals surface area contributed by atoms with Gasteiger partial charge in [-0.3, -0.25) is 14.9 Å². The number of benzene rings is 2. The lowest BCUT2D eigenvalue weighted by molar-refractivity contribution is -0.384. The van der Waals surface area contributed by atoms with Crippen LogP contribution in [0.15, 0.2) is 42.5 Å². The van der Waals surface area contributed by atoms with E-state index >= 15 is 0 Å². The topological polar surface area (TPSA) is 72.7 Å². The Labute approximate surface area is 138 Å². The molecule has 2 rings (SSSR count). The fourth-order valence-corrected chi connectivity index (χ4v) is 2.27. The van der Waals surface area contributed by atoms with Gasteiger partial charge in [0.1, 0.15) is 10.8 Å². The Morgan fingerprint density at radius 2 is 1.91 bits per heavy atom. The van der Waals surface area contributed by atoms with E-state index in [1.165, 1.54) is 23.1 Å². The molecule has 0 saturated heterocycles. The van der Waals surface area contributed by atoms with Crippen molar-refractivity contribution < 1.29 is 14.5 Å². The zero-order valence-electron chi connectivity index (χ0n) is 12.7. The first-order valence-corrected chi connectivity index (χ1v) is 7.12. The Morgan fingerprint density at radius 3 is 2.48 bits per heavy atom. The van der Waals surface area contributed by atoms with Crippen LogP contribution >= 0.6 is 11.6 Å². The van der Waals surface area contributed by atoms with Crippen LogP contribution in [0.2, 0.25) is 5.02 Å². The summed E-state index contributed by atoms with van der Waals surface area (Å²) in [5, 5.41) is 10.9. The Balaban J connectivity index is 2.15. The fraction of sp³-hybridized carbons (Fsp3) is 0.188. The van der Waals surface area contributed by atoms with Gasteiger partial charge in [0.25, 0.3) is 11.6 Å². The highest BCUT2D eigenvalue weighted by molar-refractivity contribution is 6.32. The minimum atomic E-state index is -0.609. The highest BCUT2D eigenvalue weighted by atomic mass is 35.5. The van der Waals surface area contributed by atoms with Crippen molar-refractivity contribution in [3.8, 4) is 5.75 Å². The van der Waals surface area contributed by atoms with Gasteiger partial charge < -0.3 is 9.64 Å². The van der Waals surface area contributed by atoms with Gasteiger partial charge in [-0.15, -0.1) is 0 Å². The Kier molecular flexibility index (Phi) is 5.18. The zero-order chi connectivity index (χ0) is 17.0. The van der Waals surface area contributed by atoms with E-state index in [9.17, 15) is 14.9 Å². The highest BCUT2D eigenvalue weighted by Gasteiger charge is 2.18. The molecular weight excluding hydrogens is 320 g/mol. The summed E-state index contributed by atoms with van der Waals surface area (Å²) in [7, 11) is 3.21. The molecule has 0 saturated carbocycles. The summed E-state index contributed by atoms with van der Waals surface area (Å²) in [5.74, 6) is 0.414. The number of hydrogen-bond acceptors (Lipinski definition) is 4. The molecule has 0 radical (unpaired) electrons. The van der Waals surface area contributed by atoms with E-state index < -0.39 is 4.92 Å². The third kappa shape index (κ3) is 3.98. The number of rotatable bonds is 5. The lowest BCUT2D eigenvalue weighted by atomic mass is 10.1. The van der Waals surface area contributed by atoms with E-state index in [0.717, 1.165) is 11.3 Å². The second-order valence-corrected chi connectivity index (χ2v) is 5.34. The number of amides is 1. The number of nitro groups is 1. The third-order valence-corrected chi connectivity index (χ3v) is 3.63. The molecule has 2 aromatic rings. The molecule has 0 aliphatic rings. The molecule has 0 spiro atoms. The van der Waals surface area contributed by atoms with Crippen LogP contribution < -0.4 is 4.74 Å². The summed E-state index contributed by atoms with van der Waals surface area (Å²) in [5.41, 5.74) is 0.859. The summed E-state index contributed by atoms with van der Waals surface area (Å²) in [6, 6.07) is 11.3. The zero-order valence-corrected chi connectivity index (χ0v) is 13.4. The number of carbonyl (C=O) groups excluding carboxylic acids is 1.